The average molecular weight is 192 g/mol. The SMILES string of the molecule is CC12CCCC(CN)(CO1)C2.Cl. The average Bonchev–Trinajstić information content (AvgIpc) is 2.24. The summed E-state index contributed by atoms with van der Waals surface area (Å²) in [7, 11) is 0. The fourth-order valence-corrected chi connectivity index (χ4v) is 2.61. The zero-order valence-corrected chi connectivity index (χ0v) is 8.45. The largest absolute Gasteiger partial charge is 0.375 e. The Morgan fingerprint density at radius 3 is 2.75 bits per heavy atom. The van der Waals surface area contributed by atoms with Crippen LogP contribution in [0.15, 0.2) is 0 Å². The third-order valence-corrected chi connectivity index (χ3v) is 3.32. The van der Waals surface area contributed by atoms with Gasteiger partial charge in [0.05, 0.1) is 12.2 Å². The number of ether oxygens (including phenoxy) is 1. The zero-order valence-electron chi connectivity index (χ0n) is 7.64. The number of fused-ring (bicyclic) bond motifs is 2. The molecule has 2 aliphatic rings. The van der Waals surface area contributed by atoms with Crippen LogP contribution in [-0.2, 0) is 4.74 Å². The van der Waals surface area contributed by atoms with E-state index >= 15 is 0 Å². The molecule has 0 aromatic carbocycles. The van der Waals surface area contributed by atoms with Gasteiger partial charge in [-0.05, 0) is 32.6 Å². The first-order valence-electron chi connectivity index (χ1n) is 4.52. The molecule has 2 nitrogen and oxygen atoms in total. The van der Waals surface area contributed by atoms with Crippen LogP contribution < -0.4 is 5.73 Å². The molecular weight excluding hydrogens is 174 g/mol. The quantitative estimate of drug-likeness (QED) is 0.685. The zero-order chi connectivity index (χ0) is 7.95. The van der Waals surface area contributed by atoms with E-state index in [1.807, 2.05) is 0 Å². The van der Waals surface area contributed by atoms with E-state index in [1.165, 1.54) is 25.7 Å². The minimum absolute atomic E-state index is 0. The first kappa shape index (κ1) is 10.3. The number of hydrogen-bond acceptors (Lipinski definition) is 2. The van der Waals surface area contributed by atoms with Crippen molar-refractivity contribution in [1.82, 2.24) is 0 Å². The van der Waals surface area contributed by atoms with Gasteiger partial charge in [-0.15, -0.1) is 12.4 Å². The van der Waals surface area contributed by atoms with Crippen molar-refractivity contribution in [2.24, 2.45) is 11.1 Å². The van der Waals surface area contributed by atoms with Crippen LogP contribution in [0.25, 0.3) is 0 Å². The molecular formula is C9H18ClNO. The van der Waals surface area contributed by atoms with Crippen LogP contribution in [0.3, 0.4) is 0 Å². The minimum atomic E-state index is 0. The molecule has 1 aliphatic carbocycles. The van der Waals surface area contributed by atoms with Crippen molar-refractivity contribution in [3.8, 4) is 0 Å². The molecule has 1 saturated heterocycles. The summed E-state index contributed by atoms with van der Waals surface area (Å²) in [6.07, 6.45) is 5.00. The summed E-state index contributed by atoms with van der Waals surface area (Å²) >= 11 is 0. The van der Waals surface area contributed by atoms with E-state index in [9.17, 15) is 0 Å². The molecule has 0 spiro atoms. The van der Waals surface area contributed by atoms with Crippen LogP contribution in [0.4, 0.5) is 0 Å². The van der Waals surface area contributed by atoms with Gasteiger partial charge in [0.2, 0.25) is 0 Å². The molecule has 2 N–H and O–H groups in total. The topological polar surface area (TPSA) is 35.2 Å². The summed E-state index contributed by atoms with van der Waals surface area (Å²) in [5.74, 6) is 0. The smallest absolute Gasteiger partial charge is 0.0661 e. The molecule has 1 saturated carbocycles. The van der Waals surface area contributed by atoms with Crippen molar-refractivity contribution in [3.63, 3.8) is 0 Å². The molecule has 2 fully saturated rings. The Balaban J connectivity index is 0.000000720. The molecule has 0 radical (unpaired) electrons. The summed E-state index contributed by atoms with van der Waals surface area (Å²) in [5, 5.41) is 0. The Labute approximate surface area is 80.3 Å². The van der Waals surface area contributed by atoms with Gasteiger partial charge in [0, 0.05) is 12.0 Å². The van der Waals surface area contributed by atoms with Crippen LogP contribution in [-0.4, -0.2) is 18.8 Å². The Bertz CT molecular complexity index is 176. The second-order valence-electron chi connectivity index (χ2n) is 4.47. The van der Waals surface area contributed by atoms with Gasteiger partial charge in [0.1, 0.15) is 0 Å². The lowest BCUT2D eigenvalue weighted by molar-refractivity contribution is 0.0147. The maximum Gasteiger partial charge on any atom is 0.0661 e. The van der Waals surface area contributed by atoms with E-state index in [4.69, 9.17) is 10.5 Å². The second kappa shape index (κ2) is 3.17. The number of nitrogens with two attached hydrogens (primary N) is 1. The van der Waals surface area contributed by atoms with Gasteiger partial charge in [-0.1, -0.05) is 0 Å². The Morgan fingerprint density at radius 2 is 2.17 bits per heavy atom. The highest BCUT2D eigenvalue weighted by Gasteiger charge is 2.48. The van der Waals surface area contributed by atoms with E-state index in [1.54, 1.807) is 0 Å². The lowest BCUT2D eigenvalue weighted by atomic mass is 9.71. The molecule has 2 atom stereocenters. The molecule has 3 heteroatoms. The van der Waals surface area contributed by atoms with Crippen molar-refractivity contribution in [1.29, 1.82) is 0 Å². The van der Waals surface area contributed by atoms with Crippen LogP contribution in [0.2, 0.25) is 0 Å². The van der Waals surface area contributed by atoms with Crippen molar-refractivity contribution in [3.05, 3.63) is 0 Å². The Kier molecular flexibility index (Phi) is 2.72. The molecule has 1 aliphatic heterocycles. The summed E-state index contributed by atoms with van der Waals surface area (Å²) in [5.41, 5.74) is 6.29. The second-order valence-corrected chi connectivity index (χ2v) is 4.47. The highest BCUT2D eigenvalue weighted by molar-refractivity contribution is 5.85. The van der Waals surface area contributed by atoms with Gasteiger partial charge in [-0.25, -0.2) is 0 Å². The molecule has 0 amide bonds. The number of rotatable bonds is 1. The molecule has 2 unspecified atom stereocenters. The fraction of sp³-hybridized carbons (Fsp3) is 1.00. The van der Waals surface area contributed by atoms with Crippen LogP contribution in [0.1, 0.15) is 32.6 Å². The summed E-state index contributed by atoms with van der Waals surface area (Å²) in [4.78, 5) is 0. The molecule has 0 aromatic rings. The van der Waals surface area contributed by atoms with E-state index < -0.39 is 0 Å². The first-order chi connectivity index (χ1) is 5.18. The van der Waals surface area contributed by atoms with Crippen LogP contribution >= 0.6 is 12.4 Å². The third-order valence-electron chi connectivity index (χ3n) is 3.32. The minimum Gasteiger partial charge on any atom is -0.375 e. The van der Waals surface area contributed by atoms with Gasteiger partial charge in [0.25, 0.3) is 0 Å². The van der Waals surface area contributed by atoms with E-state index in [2.05, 4.69) is 6.92 Å². The summed E-state index contributed by atoms with van der Waals surface area (Å²) < 4.78 is 5.78. The van der Waals surface area contributed by atoms with E-state index in [0.717, 1.165) is 13.2 Å². The number of hydrogen-bond donors (Lipinski definition) is 1. The Morgan fingerprint density at radius 1 is 1.42 bits per heavy atom. The molecule has 72 valence electrons. The third kappa shape index (κ3) is 1.48. The molecule has 12 heavy (non-hydrogen) atoms. The maximum absolute atomic E-state index is 5.78. The van der Waals surface area contributed by atoms with Gasteiger partial charge in [-0.2, -0.15) is 0 Å². The van der Waals surface area contributed by atoms with Crippen molar-refractivity contribution >= 4 is 12.4 Å². The highest BCUT2D eigenvalue weighted by Crippen LogP contribution is 2.48. The fourth-order valence-electron chi connectivity index (χ4n) is 2.61. The molecule has 2 bridgehead atoms. The molecule has 0 aromatic heterocycles. The first-order valence-corrected chi connectivity index (χ1v) is 4.52. The van der Waals surface area contributed by atoms with Crippen molar-refractivity contribution < 1.29 is 4.74 Å². The Hall–Kier alpha value is 0.210. The molecule has 1 heterocycles. The number of halogens is 1. The van der Waals surface area contributed by atoms with Gasteiger partial charge < -0.3 is 10.5 Å². The normalized spacial score (nSPS) is 45.5. The van der Waals surface area contributed by atoms with Crippen LogP contribution in [0, 0.1) is 5.41 Å². The van der Waals surface area contributed by atoms with Crippen molar-refractivity contribution in [2.75, 3.05) is 13.2 Å². The van der Waals surface area contributed by atoms with Crippen LogP contribution in [0.5, 0.6) is 0 Å². The maximum atomic E-state index is 5.78. The predicted molar refractivity (Wildman–Crippen MR) is 51.6 cm³/mol. The van der Waals surface area contributed by atoms with E-state index in [-0.39, 0.29) is 18.0 Å². The summed E-state index contributed by atoms with van der Waals surface area (Å²) in [6.45, 7) is 3.94. The monoisotopic (exact) mass is 191 g/mol. The van der Waals surface area contributed by atoms with Gasteiger partial charge >= 0.3 is 0 Å². The van der Waals surface area contributed by atoms with Gasteiger partial charge in [0.15, 0.2) is 0 Å². The lowest BCUT2D eigenvalue weighted by Gasteiger charge is -2.33. The summed E-state index contributed by atoms with van der Waals surface area (Å²) in [6, 6.07) is 0. The van der Waals surface area contributed by atoms with E-state index in [0.29, 0.717) is 5.41 Å². The highest BCUT2D eigenvalue weighted by atomic mass is 35.5. The lowest BCUT2D eigenvalue weighted by Crippen LogP contribution is -2.36. The molecule has 2 rings (SSSR count). The van der Waals surface area contributed by atoms with Crippen molar-refractivity contribution in [2.45, 2.75) is 38.2 Å². The predicted octanol–water partition coefficient (Wildman–Crippen LogP) is 1.72. The standard InChI is InChI=1S/C9H17NO.ClH/c1-8-3-2-4-9(5-8,6-10)7-11-8;/h2-7,10H2,1H3;1H. The van der Waals surface area contributed by atoms with Gasteiger partial charge in [-0.3, -0.25) is 0 Å².